The molecule has 1 heterocycles. The predicted molar refractivity (Wildman–Crippen MR) is 70.1 cm³/mol. The quantitative estimate of drug-likeness (QED) is 0.747. The Balaban J connectivity index is 1.82. The van der Waals surface area contributed by atoms with Crippen LogP contribution in [0.1, 0.15) is 42.6 Å². The molecule has 0 amide bonds. The van der Waals surface area contributed by atoms with Crippen LogP contribution < -0.4 is 5.32 Å². The van der Waals surface area contributed by atoms with Crippen LogP contribution in [0.2, 0.25) is 0 Å². The molecular formula is C13H19N3O3. The standard InChI is InChI=1S/C13H19N3O3/c17-11(9-4-2-1-3-5-9)7-16-12-8-14-10(6-15-12)13(18)19/h6,8-9,11,17H,1-5,7H2,(H,15,16)(H,18,19). The number of carboxylic acids is 1. The van der Waals surface area contributed by atoms with Crippen molar-refractivity contribution in [2.45, 2.75) is 38.2 Å². The second-order valence-electron chi connectivity index (χ2n) is 4.94. The Labute approximate surface area is 111 Å². The smallest absolute Gasteiger partial charge is 0.356 e. The first-order valence-electron chi connectivity index (χ1n) is 6.64. The van der Waals surface area contributed by atoms with Gasteiger partial charge in [-0.3, -0.25) is 0 Å². The van der Waals surface area contributed by atoms with Crippen molar-refractivity contribution in [3.8, 4) is 0 Å². The van der Waals surface area contributed by atoms with Crippen molar-refractivity contribution in [3.05, 3.63) is 18.1 Å². The Morgan fingerprint density at radius 3 is 2.63 bits per heavy atom. The molecule has 19 heavy (non-hydrogen) atoms. The molecular weight excluding hydrogens is 246 g/mol. The number of aliphatic hydroxyl groups is 1. The number of carbonyl (C=O) groups is 1. The van der Waals surface area contributed by atoms with E-state index in [1.54, 1.807) is 0 Å². The molecule has 0 spiro atoms. The van der Waals surface area contributed by atoms with Gasteiger partial charge in [0.15, 0.2) is 5.69 Å². The highest BCUT2D eigenvalue weighted by atomic mass is 16.4. The van der Waals surface area contributed by atoms with E-state index in [4.69, 9.17) is 5.11 Å². The number of carboxylic acid groups (broad SMARTS) is 1. The van der Waals surface area contributed by atoms with Crippen LogP contribution in [-0.2, 0) is 0 Å². The molecule has 1 aromatic heterocycles. The van der Waals surface area contributed by atoms with Crippen LogP contribution >= 0.6 is 0 Å². The summed E-state index contributed by atoms with van der Waals surface area (Å²) >= 11 is 0. The van der Waals surface area contributed by atoms with Crippen molar-refractivity contribution in [3.63, 3.8) is 0 Å². The number of nitrogens with one attached hydrogen (secondary N) is 1. The van der Waals surface area contributed by atoms with Crippen LogP contribution in [0.15, 0.2) is 12.4 Å². The SMILES string of the molecule is O=C(O)c1cnc(NCC(O)C2CCCCC2)cn1. The van der Waals surface area contributed by atoms with Gasteiger partial charge in [0, 0.05) is 6.54 Å². The summed E-state index contributed by atoms with van der Waals surface area (Å²) in [6.07, 6.45) is 7.98. The number of aromatic nitrogens is 2. The van der Waals surface area contributed by atoms with Gasteiger partial charge in [0.2, 0.25) is 0 Å². The molecule has 0 saturated heterocycles. The van der Waals surface area contributed by atoms with Gasteiger partial charge >= 0.3 is 5.97 Å². The number of nitrogens with zero attached hydrogens (tertiary/aromatic N) is 2. The number of anilines is 1. The molecule has 0 radical (unpaired) electrons. The van der Waals surface area contributed by atoms with E-state index in [1.165, 1.54) is 31.7 Å². The molecule has 0 aliphatic heterocycles. The number of aliphatic hydroxyl groups excluding tert-OH is 1. The minimum Gasteiger partial charge on any atom is -0.476 e. The topological polar surface area (TPSA) is 95.3 Å². The van der Waals surface area contributed by atoms with E-state index in [1.807, 2.05) is 0 Å². The fourth-order valence-electron chi connectivity index (χ4n) is 2.42. The summed E-state index contributed by atoms with van der Waals surface area (Å²) in [5.41, 5.74) is -0.0848. The third kappa shape index (κ3) is 3.89. The lowest BCUT2D eigenvalue weighted by Gasteiger charge is -2.26. The maximum Gasteiger partial charge on any atom is 0.356 e. The average molecular weight is 265 g/mol. The molecule has 1 aliphatic carbocycles. The summed E-state index contributed by atoms with van der Waals surface area (Å²) in [5.74, 6) is -0.256. The third-order valence-electron chi connectivity index (χ3n) is 3.56. The third-order valence-corrected chi connectivity index (χ3v) is 3.56. The minimum absolute atomic E-state index is 0.0848. The summed E-state index contributed by atoms with van der Waals surface area (Å²) in [7, 11) is 0. The van der Waals surface area contributed by atoms with E-state index in [0.717, 1.165) is 12.8 Å². The zero-order valence-electron chi connectivity index (χ0n) is 10.7. The highest BCUT2D eigenvalue weighted by Gasteiger charge is 2.21. The van der Waals surface area contributed by atoms with Gasteiger partial charge in [-0.25, -0.2) is 14.8 Å². The van der Waals surface area contributed by atoms with Crippen LogP contribution in [0.4, 0.5) is 5.82 Å². The lowest BCUT2D eigenvalue weighted by atomic mass is 9.85. The Hall–Kier alpha value is -1.69. The molecule has 6 heteroatoms. The van der Waals surface area contributed by atoms with Gasteiger partial charge in [-0.05, 0) is 18.8 Å². The summed E-state index contributed by atoms with van der Waals surface area (Å²) < 4.78 is 0. The number of aromatic carboxylic acids is 1. The first-order valence-corrected chi connectivity index (χ1v) is 6.64. The van der Waals surface area contributed by atoms with E-state index in [9.17, 15) is 9.90 Å². The Morgan fingerprint density at radius 2 is 2.05 bits per heavy atom. The van der Waals surface area contributed by atoms with Crippen molar-refractivity contribution in [2.75, 3.05) is 11.9 Å². The predicted octanol–water partition coefficient (Wildman–Crippen LogP) is 1.53. The molecule has 6 nitrogen and oxygen atoms in total. The van der Waals surface area contributed by atoms with Gasteiger partial charge in [-0.15, -0.1) is 0 Å². The first kappa shape index (κ1) is 13.7. The van der Waals surface area contributed by atoms with Crippen LogP contribution in [0.5, 0.6) is 0 Å². The summed E-state index contributed by atoms with van der Waals surface area (Å²) in [5, 5.41) is 21.8. The maximum absolute atomic E-state index is 10.6. The van der Waals surface area contributed by atoms with Gasteiger partial charge in [-0.1, -0.05) is 19.3 Å². The van der Waals surface area contributed by atoms with Gasteiger partial charge in [-0.2, -0.15) is 0 Å². The maximum atomic E-state index is 10.6. The van der Waals surface area contributed by atoms with Gasteiger partial charge in [0.25, 0.3) is 0 Å². The molecule has 104 valence electrons. The molecule has 1 fully saturated rings. The number of hydrogen-bond donors (Lipinski definition) is 3. The van der Waals surface area contributed by atoms with E-state index in [2.05, 4.69) is 15.3 Å². The molecule has 2 rings (SSSR count). The highest BCUT2D eigenvalue weighted by molar-refractivity contribution is 5.84. The molecule has 1 aromatic rings. The van der Waals surface area contributed by atoms with Crippen molar-refractivity contribution >= 4 is 11.8 Å². The van der Waals surface area contributed by atoms with Gasteiger partial charge < -0.3 is 15.5 Å². The first-order chi connectivity index (χ1) is 9.16. The summed E-state index contributed by atoms with van der Waals surface area (Å²) in [6, 6.07) is 0. The van der Waals surface area contributed by atoms with Crippen LogP contribution in [-0.4, -0.2) is 38.8 Å². The van der Waals surface area contributed by atoms with Crippen molar-refractivity contribution in [1.29, 1.82) is 0 Å². The number of rotatable bonds is 5. The van der Waals surface area contributed by atoms with Crippen molar-refractivity contribution < 1.29 is 15.0 Å². The number of hydrogen-bond acceptors (Lipinski definition) is 5. The van der Waals surface area contributed by atoms with Gasteiger partial charge in [0.05, 0.1) is 18.5 Å². The molecule has 3 N–H and O–H groups in total. The zero-order valence-corrected chi connectivity index (χ0v) is 10.7. The van der Waals surface area contributed by atoms with E-state index in [-0.39, 0.29) is 11.8 Å². The lowest BCUT2D eigenvalue weighted by Crippen LogP contribution is -2.30. The highest BCUT2D eigenvalue weighted by Crippen LogP contribution is 2.26. The molecule has 1 unspecified atom stereocenters. The second-order valence-corrected chi connectivity index (χ2v) is 4.94. The molecule has 1 aliphatic rings. The van der Waals surface area contributed by atoms with Crippen molar-refractivity contribution in [2.24, 2.45) is 5.92 Å². The summed E-state index contributed by atoms with van der Waals surface area (Å²) in [6.45, 7) is 0.422. The second kappa shape index (κ2) is 6.47. The zero-order chi connectivity index (χ0) is 13.7. The average Bonchev–Trinajstić information content (AvgIpc) is 2.46. The van der Waals surface area contributed by atoms with Crippen LogP contribution in [0, 0.1) is 5.92 Å². The lowest BCUT2D eigenvalue weighted by molar-refractivity contribution is 0.0690. The van der Waals surface area contributed by atoms with E-state index < -0.39 is 5.97 Å². The van der Waals surface area contributed by atoms with Crippen LogP contribution in [0.25, 0.3) is 0 Å². The monoisotopic (exact) mass is 265 g/mol. The molecule has 1 saturated carbocycles. The fraction of sp³-hybridized carbons (Fsp3) is 0.615. The normalized spacial score (nSPS) is 17.9. The fourth-order valence-corrected chi connectivity index (χ4v) is 2.42. The van der Waals surface area contributed by atoms with Crippen LogP contribution in [0.3, 0.4) is 0 Å². The minimum atomic E-state index is -1.10. The Bertz CT molecular complexity index is 416. The largest absolute Gasteiger partial charge is 0.476 e. The summed E-state index contributed by atoms with van der Waals surface area (Å²) in [4.78, 5) is 18.3. The van der Waals surface area contributed by atoms with E-state index in [0.29, 0.717) is 18.3 Å². The van der Waals surface area contributed by atoms with Crippen molar-refractivity contribution in [1.82, 2.24) is 9.97 Å². The van der Waals surface area contributed by atoms with Gasteiger partial charge in [0.1, 0.15) is 5.82 Å². The molecule has 0 bridgehead atoms. The Kier molecular flexibility index (Phi) is 4.68. The molecule has 1 atom stereocenters. The van der Waals surface area contributed by atoms with E-state index >= 15 is 0 Å². The Morgan fingerprint density at radius 1 is 1.32 bits per heavy atom. The molecule has 0 aromatic carbocycles.